The summed E-state index contributed by atoms with van der Waals surface area (Å²) < 4.78 is 0. The van der Waals surface area contributed by atoms with Crippen LogP contribution in [0.1, 0.15) is 35.2 Å². The van der Waals surface area contributed by atoms with E-state index in [0.717, 1.165) is 12.8 Å². The van der Waals surface area contributed by atoms with Crippen molar-refractivity contribution >= 4 is 11.7 Å². The zero-order valence-electron chi connectivity index (χ0n) is 12.6. The van der Waals surface area contributed by atoms with Crippen LogP contribution in [0, 0.1) is 0 Å². The third-order valence-electron chi connectivity index (χ3n) is 3.99. The Bertz CT molecular complexity index is 714. The topological polar surface area (TPSA) is 94.5 Å². The first kappa shape index (κ1) is 15.1. The van der Waals surface area contributed by atoms with Gasteiger partial charge in [0, 0.05) is 36.0 Å². The zero-order valence-corrected chi connectivity index (χ0v) is 12.6. The number of aromatic hydroxyl groups is 2. The van der Waals surface area contributed by atoms with Crippen LogP contribution in [0.4, 0.5) is 5.82 Å². The monoisotopic (exact) mass is 313 g/mol. The molecule has 1 fully saturated rings. The van der Waals surface area contributed by atoms with E-state index in [0.29, 0.717) is 23.0 Å². The van der Waals surface area contributed by atoms with E-state index in [1.165, 1.54) is 18.6 Å². The number of carbonyl (C=O) groups excluding carboxylic acids is 1. The summed E-state index contributed by atoms with van der Waals surface area (Å²) in [5.74, 6) is 0.400. The Balaban J connectivity index is 1.62. The van der Waals surface area contributed by atoms with Gasteiger partial charge in [0.05, 0.1) is 0 Å². The van der Waals surface area contributed by atoms with Crippen LogP contribution in [-0.4, -0.2) is 27.1 Å². The number of amides is 1. The standard InChI is InChI=1S/C17H19N3O3/c21-14-5-4-12(15(22)9-14)10-19-17(23)11-6-7-18-16(8-11)20-13-2-1-3-13/h4-9,13,21-22H,1-3,10H2,(H,18,20)(H,19,23). The molecule has 6 nitrogen and oxygen atoms in total. The molecule has 2 aromatic rings. The molecule has 120 valence electrons. The lowest BCUT2D eigenvalue weighted by Crippen LogP contribution is -2.28. The van der Waals surface area contributed by atoms with Gasteiger partial charge in [0.25, 0.3) is 5.91 Å². The highest BCUT2D eigenvalue weighted by atomic mass is 16.3. The molecule has 0 unspecified atom stereocenters. The Morgan fingerprint density at radius 3 is 2.74 bits per heavy atom. The smallest absolute Gasteiger partial charge is 0.251 e. The number of carbonyl (C=O) groups is 1. The first-order valence-electron chi connectivity index (χ1n) is 7.63. The maximum atomic E-state index is 12.2. The van der Waals surface area contributed by atoms with E-state index in [1.807, 2.05) is 0 Å². The molecule has 0 bridgehead atoms. The molecule has 1 heterocycles. The van der Waals surface area contributed by atoms with Gasteiger partial charge in [0.15, 0.2) is 0 Å². The lowest BCUT2D eigenvalue weighted by Gasteiger charge is -2.26. The largest absolute Gasteiger partial charge is 0.508 e. The Hall–Kier alpha value is -2.76. The number of phenols is 2. The fraction of sp³-hybridized carbons (Fsp3) is 0.294. The van der Waals surface area contributed by atoms with Crippen molar-refractivity contribution in [3.05, 3.63) is 47.7 Å². The van der Waals surface area contributed by atoms with Crippen molar-refractivity contribution in [1.82, 2.24) is 10.3 Å². The first-order valence-corrected chi connectivity index (χ1v) is 7.63. The average molecular weight is 313 g/mol. The summed E-state index contributed by atoms with van der Waals surface area (Å²) >= 11 is 0. The molecule has 0 saturated heterocycles. The van der Waals surface area contributed by atoms with E-state index in [9.17, 15) is 15.0 Å². The summed E-state index contributed by atoms with van der Waals surface area (Å²) in [6.07, 6.45) is 5.11. The minimum atomic E-state index is -0.239. The second-order valence-corrected chi connectivity index (χ2v) is 5.70. The van der Waals surface area contributed by atoms with Gasteiger partial charge in [-0.1, -0.05) is 0 Å². The zero-order chi connectivity index (χ0) is 16.2. The Morgan fingerprint density at radius 1 is 1.22 bits per heavy atom. The van der Waals surface area contributed by atoms with Crippen LogP contribution < -0.4 is 10.6 Å². The molecule has 1 amide bonds. The lowest BCUT2D eigenvalue weighted by atomic mass is 9.93. The van der Waals surface area contributed by atoms with E-state index in [4.69, 9.17) is 0 Å². The summed E-state index contributed by atoms with van der Waals surface area (Å²) in [6.45, 7) is 0.179. The summed E-state index contributed by atoms with van der Waals surface area (Å²) in [5.41, 5.74) is 1.05. The van der Waals surface area contributed by atoms with Gasteiger partial charge < -0.3 is 20.8 Å². The number of phenolic OH excluding ortho intramolecular Hbond substituents is 2. The van der Waals surface area contributed by atoms with Crippen molar-refractivity contribution in [3.63, 3.8) is 0 Å². The van der Waals surface area contributed by atoms with Crippen LogP contribution >= 0.6 is 0 Å². The highest BCUT2D eigenvalue weighted by Crippen LogP contribution is 2.23. The number of hydrogen-bond donors (Lipinski definition) is 4. The van der Waals surface area contributed by atoms with Crippen LogP contribution in [0.3, 0.4) is 0 Å². The maximum Gasteiger partial charge on any atom is 0.251 e. The molecule has 23 heavy (non-hydrogen) atoms. The van der Waals surface area contributed by atoms with Crippen LogP contribution in [0.2, 0.25) is 0 Å². The average Bonchev–Trinajstić information content (AvgIpc) is 2.50. The van der Waals surface area contributed by atoms with Gasteiger partial charge in [-0.05, 0) is 43.5 Å². The summed E-state index contributed by atoms with van der Waals surface area (Å²) in [5, 5.41) is 25.0. The summed E-state index contributed by atoms with van der Waals surface area (Å²) in [7, 11) is 0. The Morgan fingerprint density at radius 2 is 2.04 bits per heavy atom. The lowest BCUT2D eigenvalue weighted by molar-refractivity contribution is 0.0950. The van der Waals surface area contributed by atoms with Gasteiger partial charge in [0.2, 0.25) is 0 Å². The molecular formula is C17H19N3O3. The fourth-order valence-corrected chi connectivity index (χ4v) is 2.39. The summed E-state index contributed by atoms with van der Waals surface area (Å²) in [6, 6.07) is 8.11. The molecular weight excluding hydrogens is 294 g/mol. The number of anilines is 1. The van der Waals surface area contributed by atoms with Crippen LogP contribution in [-0.2, 0) is 6.54 Å². The van der Waals surface area contributed by atoms with Crippen LogP contribution in [0.5, 0.6) is 11.5 Å². The van der Waals surface area contributed by atoms with E-state index < -0.39 is 0 Å². The van der Waals surface area contributed by atoms with E-state index >= 15 is 0 Å². The van der Waals surface area contributed by atoms with Gasteiger partial charge in [-0.25, -0.2) is 4.98 Å². The third kappa shape index (κ3) is 3.71. The Kier molecular flexibility index (Phi) is 4.32. The number of hydrogen-bond acceptors (Lipinski definition) is 5. The number of nitrogens with one attached hydrogen (secondary N) is 2. The molecule has 4 N–H and O–H groups in total. The first-order chi connectivity index (χ1) is 11.1. The van der Waals surface area contributed by atoms with Crippen LogP contribution in [0.15, 0.2) is 36.5 Å². The normalized spacial score (nSPS) is 14.1. The van der Waals surface area contributed by atoms with Gasteiger partial charge >= 0.3 is 0 Å². The quantitative estimate of drug-likeness (QED) is 0.680. The van der Waals surface area contributed by atoms with Crippen LogP contribution in [0.25, 0.3) is 0 Å². The molecule has 3 rings (SSSR count). The predicted molar refractivity (Wildman–Crippen MR) is 86.4 cm³/mol. The van der Waals surface area contributed by atoms with Gasteiger partial charge in [-0.2, -0.15) is 0 Å². The van der Waals surface area contributed by atoms with Crippen molar-refractivity contribution < 1.29 is 15.0 Å². The fourth-order valence-electron chi connectivity index (χ4n) is 2.39. The summed E-state index contributed by atoms with van der Waals surface area (Å²) in [4.78, 5) is 16.4. The van der Waals surface area contributed by atoms with Gasteiger partial charge in [0.1, 0.15) is 17.3 Å². The minimum Gasteiger partial charge on any atom is -0.508 e. The maximum absolute atomic E-state index is 12.2. The van der Waals surface area contributed by atoms with E-state index in [-0.39, 0.29) is 24.0 Å². The van der Waals surface area contributed by atoms with Crippen molar-refractivity contribution in [2.75, 3.05) is 5.32 Å². The number of pyridine rings is 1. The number of benzene rings is 1. The van der Waals surface area contributed by atoms with Crippen molar-refractivity contribution in [1.29, 1.82) is 0 Å². The molecule has 0 radical (unpaired) electrons. The molecule has 0 aliphatic heterocycles. The molecule has 1 aromatic carbocycles. The third-order valence-corrected chi connectivity index (χ3v) is 3.99. The highest BCUT2D eigenvalue weighted by molar-refractivity contribution is 5.94. The molecule has 1 aliphatic carbocycles. The second-order valence-electron chi connectivity index (χ2n) is 5.70. The number of aromatic nitrogens is 1. The molecule has 1 saturated carbocycles. The molecule has 0 spiro atoms. The molecule has 6 heteroatoms. The molecule has 1 aromatic heterocycles. The van der Waals surface area contributed by atoms with Crippen molar-refractivity contribution in [2.45, 2.75) is 31.8 Å². The van der Waals surface area contributed by atoms with Crippen molar-refractivity contribution in [3.8, 4) is 11.5 Å². The number of rotatable bonds is 5. The predicted octanol–water partition coefficient (Wildman–Crippen LogP) is 2.39. The Labute approximate surface area is 134 Å². The minimum absolute atomic E-state index is 0.0154. The molecule has 1 aliphatic rings. The van der Waals surface area contributed by atoms with Gasteiger partial charge in [-0.15, -0.1) is 0 Å². The highest BCUT2D eigenvalue weighted by Gasteiger charge is 2.17. The van der Waals surface area contributed by atoms with Crippen molar-refractivity contribution in [2.24, 2.45) is 0 Å². The second kappa shape index (κ2) is 6.56. The van der Waals surface area contributed by atoms with E-state index in [2.05, 4.69) is 15.6 Å². The molecule has 0 atom stereocenters. The number of nitrogens with zero attached hydrogens (tertiary/aromatic N) is 1. The van der Waals surface area contributed by atoms with Gasteiger partial charge in [-0.3, -0.25) is 4.79 Å². The van der Waals surface area contributed by atoms with E-state index in [1.54, 1.807) is 24.4 Å². The SMILES string of the molecule is O=C(NCc1ccc(O)cc1O)c1ccnc(NC2CCC2)c1.